The number of rotatable bonds is 3. The molecule has 0 spiro atoms. The van der Waals surface area contributed by atoms with Crippen molar-refractivity contribution in [2.75, 3.05) is 5.32 Å². The Hall–Kier alpha value is -3.33. The first kappa shape index (κ1) is 18.1. The van der Waals surface area contributed by atoms with Crippen molar-refractivity contribution >= 4 is 33.4 Å². The Labute approximate surface area is 160 Å². The second kappa shape index (κ2) is 7.01. The van der Waals surface area contributed by atoms with Crippen molar-refractivity contribution in [2.45, 2.75) is 6.18 Å². The Bertz CT molecular complexity index is 1160. The molecule has 4 rings (SSSR count). The second-order valence-electron chi connectivity index (χ2n) is 5.79. The molecule has 28 heavy (non-hydrogen) atoms. The molecule has 0 saturated carbocycles. The molecule has 140 valence electrons. The fraction of sp³-hybridized carbons (Fsp3) is 0.0526. The lowest BCUT2D eigenvalue weighted by Crippen LogP contribution is -2.13. The number of amides is 1. The Morgan fingerprint density at radius 2 is 1.89 bits per heavy atom. The number of anilines is 1. The molecule has 0 unspecified atom stereocenters. The maximum absolute atomic E-state index is 13.1. The molecule has 0 fully saturated rings. The first-order valence-electron chi connectivity index (χ1n) is 8.06. The summed E-state index contributed by atoms with van der Waals surface area (Å²) in [6, 6.07) is 9.65. The number of fused-ring (bicyclic) bond motifs is 1. The maximum Gasteiger partial charge on any atom is 0.416 e. The molecule has 5 nitrogen and oxygen atoms in total. The quantitative estimate of drug-likeness (QED) is 0.524. The van der Waals surface area contributed by atoms with Crippen LogP contribution in [-0.2, 0) is 6.18 Å². The summed E-state index contributed by atoms with van der Waals surface area (Å²) in [6.07, 6.45) is -1.40. The summed E-state index contributed by atoms with van der Waals surface area (Å²) in [5.41, 5.74) is 0.970. The topological polar surface area (TPSA) is 67.8 Å². The molecule has 9 heteroatoms. The third-order valence-electron chi connectivity index (χ3n) is 3.97. The molecule has 4 aromatic rings. The average molecular weight is 400 g/mol. The van der Waals surface area contributed by atoms with E-state index in [1.165, 1.54) is 29.7 Å². The van der Waals surface area contributed by atoms with Crippen LogP contribution in [0.2, 0.25) is 0 Å². The van der Waals surface area contributed by atoms with Gasteiger partial charge in [0.1, 0.15) is 5.69 Å². The summed E-state index contributed by atoms with van der Waals surface area (Å²) in [5.74, 6) is -0.462. The first-order valence-corrected chi connectivity index (χ1v) is 8.94. The van der Waals surface area contributed by atoms with E-state index in [2.05, 4.69) is 20.3 Å². The fourth-order valence-corrected chi connectivity index (χ4v) is 3.22. The number of carbonyl (C=O) groups is 1. The van der Waals surface area contributed by atoms with Crippen LogP contribution in [-0.4, -0.2) is 20.9 Å². The number of hydrogen-bond acceptors (Lipinski definition) is 5. The van der Waals surface area contributed by atoms with Crippen molar-refractivity contribution < 1.29 is 18.0 Å². The van der Waals surface area contributed by atoms with Gasteiger partial charge in [0.15, 0.2) is 5.13 Å². The molecule has 1 amide bonds. The van der Waals surface area contributed by atoms with Crippen LogP contribution < -0.4 is 5.32 Å². The maximum atomic E-state index is 13.1. The molecule has 0 saturated heterocycles. The summed E-state index contributed by atoms with van der Waals surface area (Å²) in [5, 5.41) is 4.78. The third kappa shape index (κ3) is 3.56. The largest absolute Gasteiger partial charge is 0.416 e. The molecule has 0 bridgehead atoms. The van der Waals surface area contributed by atoms with E-state index >= 15 is 0 Å². The monoisotopic (exact) mass is 400 g/mol. The Balaban J connectivity index is 1.78. The summed E-state index contributed by atoms with van der Waals surface area (Å²) in [6.45, 7) is 0. The van der Waals surface area contributed by atoms with E-state index in [0.29, 0.717) is 27.3 Å². The van der Waals surface area contributed by atoms with Gasteiger partial charge in [0.25, 0.3) is 5.91 Å². The van der Waals surface area contributed by atoms with Gasteiger partial charge in [-0.15, -0.1) is 11.3 Å². The lowest BCUT2D eigenvalue weighted by molar-refractivity contribution is -0.137. The highest BCUT2D eigenvalue weighted by Crippen LogP contribution is 2.33. The molecule has 0 aliphatic heterocycles. The number of hydrogen-bond donors (Lipinski definition) is 1. The molecule has 1 aromatic carbocycles. The zero-order valence-electron chi connectivity index (χ0n) is 14.1. The molecular weight excluding hydrogens is 389 g/mol. The van der Waals surface area contributed by atoms with Crippen molar-refractivity contribution in [3.8, 4) is 11.1 Å². The van der Waals surface area contributed by atoms with Crippen molar-refractivity contribution in [2.24, 2.45) is 0 Å². The van der Waals surface area contributed by atoms with E-state index in [0.717, 1.165) is 12.1 Å². The zero-order valence-corrected chi connectivity index (χ0v) is 14.9. The van der Waals surface area contributed by atoms with Crippen LogP contribution in [0.15, 0.2) is 60.2 Å². The van der Waals surface area contributed by atoms with Gasteiger partial charge in [-0.05, 0) is 35.9 Å². The smallest absolute Gasteiger partial charge is 0.296 e. The predicted molar refractivity (Wildman–Crippen MR) is 100 cm³/mol. The second-order valence-corrected chi connectivity index (χ2v) is 6.69. The molecule has 1 N–H and O–H groups in total. The van der Waals surface area contributed by atoms with Crippen molar-refractivity contribution in [3.05, 3.63) is 71.5 Å². The van der Waals surface area contributed by atoms with Crippen LogP contribution in [0, 0.1) is 0 Å². The minimum absolute atomic E-state index is 0.115. The highest BCUT2D eigenvalue weighted by atomic mass is 32.1. The summed E-state index contributed by atoms with van der Waals surface area (Å²) in [4.78, 5) is 24.9. The van der Waals surface area contributed by atoms with Gasteiger partial charge in [0, 0.05) is 23.3 Å². The van der Waals surface area contributed by atoms with E-state index < -0.39 is 17.6 Å². The van der Waals surface area contributed by atoms with Gasteiger partial charge in [-0.1, -0.05) is 12.1 Å². The molecule has 0 radical (unpaired) electrons. The van der Waals surface area contributed by atoms with Crippen LogP contribution in [0.5, 0.6) is 0 Å². The van der Waals surface area contributed by atoms with Crippen molar-refractivity contribution in [1.82, 2.24) is 15.0 Å². The summed E-state index contributed by atoms with van der Waals surface area (Å²) >= 11 is 1.26. The Morgan fingerprint density at radius 3 is 2.64 bits per heavy atom. The van der Waals surface area contributed by atoms with E-state index in [-0.39, 0.29) is 5.69 Å². The highest BCUT2D eigenvalue weighted by Gasteiger charge is 2.30. The van der Waals surface area contributed by atoms with Crippen molar-refractivity contribution in [1.29, 1.82) is 0 Å². The Morgan fingerprint density at radius 1 is 1.04 bits per heavy atom. The third-order valence-corrected chi connectivity index (χ3v) is 4.66. The minimum atomic E-state index is -4.45. The number of nitrogens with one attached hydrogen (secondary N) is 1. The van der Waals surface area contributed by atoms with Gasteiger partial charge >= 0.3 is 6.18 Å². The number of halogens is 3. The average Bonchev–Trinajstić information content (AvgIpc) is 3.19. The first-order chi connectivity index (χ1) is 13.4. The highest BCUT2D eigenvalue weighted by molar-refractivity contribution is 7.13. The van der Waals surface area contributed by atoms with E-state index in [4.69, 9.17) is 0 Å². The summed E-state index contributed by atoms with van der Waals surface area (Å²) in [7, 11) is 0. The number of nitrogens with zero attached hydrogens (tertiary/aromatic N) is 3. The fourth-order valence-electron chi connectivity index (χ4n) is 2.69. The van der Waals surface area contributed by atoms with Gasteiger partial charge in [0.05, 0.1) is 16.6 Å². The number of alkyl halides is 3. The van der Waals surface area contributed by atoms with Crippen LogP contribution in [0.25, 0.3) is 22.2 Å². The number of carbonyl (C=O) groups excluding carboxylic acids is 1. The van der Waals surface area contributed by atoms with E-state index in [9.17, 15) is 18.0 Å². The minimum Gasteiger partial charge on any atom is -0.296 e. The van der Waals surface area contributed by atoms with Crippen LogP contribution in [0.3, 0.4) is 0 Å². The molecule has 3 aromatic heterocycles. The van der Waals surface area contributed by atoms with Crippen molar-refractivity contribution in [3.63, 3.8) is 0 Å². The standard InChI is InChI=1S/C19H11F3N4OS/c20-19(21,22)12-3-1-2-11(10-12)13-6-7-23-14-4-5-15(25-16(13)14)17(27)26-18-24-8-9-28-18/h1-10H,(H,24,26,27). The molecule has 0 atom stereocenters. The number of aromatic nitrogens is 3. The number of thiazole rings is 1. The van der Waals surface area contributed by atoms with E-state index in [1.54, 1.807) is 29.8 Å². The SMILES string of the molecule is O=C(Nc1nccs1)c1ccc2nccc(-c3cccc(C(F)(F)F)c3)c2n1. The zero-order chi connectivity index (χ0) is 19.7. The molecule has 0 aliphatic carbocycles. The van der Waals surface area contributed by atoms with Gasteiger partial charge in [-0.3, -0.25) is 15.1 Å². The van der Waals surface area contributed by atoms with Gasteiger partial charge in [0.2, 0.25) is 0 Å². The molecular formula is C19H11F3N4OS. The van der Waals surface area contributed by atoms with Crippen LogP contribution >= 0.6 is 11.3 Å². The lowest BCUT2D eigenvalue weighted by Gasteiger charge is -2.11. The Kier molecular flexibility index (Phi) is 4.52. The van der Waals surface area contributed by atoms with Gasteiger partial charge in [-0.2, -0.15) is 13.2 Å². The number of pyridine rings is 2. The summed E-state index contributed by atoms with van der Waals surface area (Å²) < 4.78 is 39.2. The van der Waals surface area contributed by atoms with E-state index in [1.807, 2.05) is 0 Å². The molecule has 3 heterocycles. The lowest BCUT2D eigenvalue weighted by atomic mass is 10.0. The number of benzene rings is 1. The van der Waals surface area contributed by atoms with Crippen LogP contribution in [0.1, 0.15) is 16.1 Å². The predicted octanol–water partition coefficient (Wildman–Crippen LogP) is 5.02. The van der Waals surface area contributed by atoms with Gasteiger partial charge in [-0.25, -0.2) is 9.97 Å². The molecule has 0 aliphatic rings. The van der Waals surface area contributed by atoms with Crippen LogP contribution in [0.4, 0.5) is 18.3 Å². The normalized spacial score (nSPS) is 11.5. The van der Waals surface area contributed by atoms with Gasteiger partial charge < -0.3 is 0 Å².